The normalized spacial score (nSPS) is 19.4. The fourth-order valence-electron chi connectivity index (χ4n) is 2.59. The first kappa shape index (κ1) is 14.8. The lowest BCUT2D eigenvalue weighted by molar-refractivity contribution is -0.133. The van der Waals surface area contributed by atoms with E-state index in [2.05, 4.69) is 24.3 Å². The summed E-state index contributed by atoms with van der Waals surface area (Å²) in [5.41, 5.74) is 1.17. The van der Waals surface area contributed by atoms with Crippen molar-refractivity contribution in [3.05, 3.63) is 42.0 Å². The van der Waals surface area contributed by atoms with Gasteiger partial charge in [-0.15, -0.1) is 0 Å². The van der Waals surface area contributed by atoms with E-state index in [-0.39, 0.29) is 18.4 Å². The SMILES string of the molecule is O=C(CC/C=C/c1ccccc1)N1CCCC(CO)C1. The number of rotatable bonds is 5. The largest absolute Gasteiger partial charge is 0.396 e. The Bertz CT molecular complexity index is 442. The number of hydrogen-bond donors (Lipinski definition) is 1. The predicted molar refractivity (Wildman–Crippen MR) is 81.1 cm³/mol. The molecule has 0 aromatic heterocycles. The maximum atomic E-state index is 12.1. The predicted octanol–water partition coefficient (Wildman–Crippen LogP) is 2.71. The van der Waals surface area contributed by atoms with Crippen molar-refractivity contribution in [1.29, 1.82) is 0 Å². The van der Waals surface area contributed by atoms with Crippen LogP contribution in [0.15, 0.2) is 36.4 Å². The Morgan fingerprint density at radius 3 is 2.90 bits per heavy atom. The zero-order chi connectivity index (χ0) is 14.2. The summed E-state index contributed by atoms with van der Waals surface area (Å²) < 4.78 is 0. The van der Waals surface area contributed by atoms with Crippen molar-refractivity contribution in [2.24, 2.45) is 5.92 Å². The fraction of sp³-hybridized carbons (Fsp3) is 0.471. The van der Waals surface area contributed by atoms with Crippen LogP contribution in [0.25, 0.3) is 6.08 Å². The van der Waals surface area contributed by atoms with Crippen LogP contribution in [0, 0.1) is 5.92 Å². The summed E-state index contributed by atoms with van der Waals surface area (Å²) in [4.78, 5) is 14.0. The monoisotopic (exact) mass is 273 g/mol. The molecule has 1 saturated heterocycles. The van der Waals surface area contributed by atoms with Gasteiger partial charge in [-0.1, -0.05) is 42.5 Å². The lowest BCUT2D eigenvalue weighted by Gasteiger charge is -2.31. The minimum absolute atomic E-state index is 0.192. The average molecular weight is 273 g/mol. The Labute approximate surface area is 120 Å². The zero-order valence-electron chi connectivity index (χ0n) is 11.9. The highest BCUT2D eigenvalue weighted by Gasteiger charge is 2.22. The number of likely N-dealkylation sites (tertiary alicyclic amines) is 1. The second-order valence-electron chi connectivity index (χ2n) is 5.38. The summed E-state index contributed by atoms with van der Waals surface area (Å²) >= 11 is 0. The van der Waals surface area contributed by atoms with Crippen molar-refractivity contribution >= 4 is 12.0 Å². The van der Waals surface area contributed by atoms with Crippen molar-refractivity contribution in [2.75, 3.05) is 19.7 Å². The van der Waals surface area contributed by atoms with Gasteiger partial charge in [0, 0.05) is 26.1 Å². The summed E-state index contributed by atoms with van der Waals surface area (Å²) in [6.07, 6.45) is 7.49. The Kier molecular flexibility index (Phi) is 5.81. The van der Waals surface area contributed by atoms with E-state index in [4.69, 9.17) is 0 Å². The summed E-state index contributed by atoms with van der Waals surface area (Å²) in [6, 6.07) is 10.1. The molecule has 1 aliphatic heterocycles. The van der Waals surface area contributed by atoms with Gasteiger partial charge in [0.1, 0.15) is 0 Å². The molecule has 20 heavy (non-hydrogen) atoms. The van der Waals surface area contributed by atoms with Gasteiger partial charge in [-0.3, -0.25) is 4.79 Å². The van der Waals surface area contributed by atoms with Gasteiger partial charge in [-0.25, -0.2) is 0 Å². The van der Waals surface area contributed by atoms with E-state index in [1.807, 2.05) is 23.1 Å². The standard InChI is InChI=1S/C17H23NO2/c19-14-16-10-6-12-18(13-16)17(20)11-5-4-9-15-7-2-1-3-8-15/h1-4,7-9,16,19H,5-6,10-14H2/b9-4+. The van der Waals surface area contributed by atoms with Crippen LogP contribution in [0.1, 0.15) is 31.2 Å². The highest BCUT2D eigenvalue weighted by molar-refractivity contribution is 5.76. The third kappa shape index (κ3) is 4.49. The molecule has 2 rings (SSSR count). The van der Waals surface area contributed by atoms with Crippen molar-refractivity contribution in [3.8, 4) is 0 Å². The molecule has 3 heteroatoms. The first-order valence-corrected chi connectivity index (χ1v) is 7.40. The minimum atomic E-state index is 0.192. The molecule has 1 aromatic rings. The molecule has 0 bridgehead atoms. The fourth-order valence-corrected chi connectivity index (χ4v) is 2.59. The van der Waals surface area contributed by atoms with Crippen LogP contribution in [-0.2, 0) is 4.79 Å². The van der Waals surface area contributed by atoms with Crippen molar-refractivity contribution in [1.82, 2.24) is 4.90 Å². The second-order valence-corrected chi connectivity index (χ2v) is 5.38. The van der Waals surface area contributed by atoms with E-state index in [1.54, 1.807) is 0 Å². The van der Waals surface area contributed by atoms with Crippen LogP contribution in [-0.4, -0.2) is 35.6 Å². The van der Waals surface area contributed by atoms with E-state index in [0.29, 0.717) is 6.42 Å². The molecule has 1 aliphatic rings. The maximum absolute atomic E-state index is 12.1. The lowest BCUT2D eigenvalue weighted by atomic mass is 9.98. The summed E-state index contributed by atoms with van der Waals surface area (Å²) in [5, 5.41) is 9.18. The highest BCUT2D eigenvalue weighted by atomic mass is 16.3. The van der Waals surface area contributed by atoms with Crippen LogP contribution in [0.4, 0.5) is 0 Å². The molecular formula is C17H23NO2. The van der Waals surface area contributed by atoms with E-state index in [9.17, 15) is 9.90 Å². The summed E-state index contributed by atoms with van der Waals surface area (Å²) in [7, 11) is 0. The van der Waals surface area contributed by atoms with Gasteiger partial charge in [-0.05, 0) is 30.7 Å². The van der Waals surface area contributed by atoms with Gasteiger partial charge in [0.05, 0.1) is 0 Å². The number of piperidine rings is 1. The van der Waals surface area contributed by atoms with Crippen LogP contribution >= 0.6 is 0 Å². The molecule has 0 radical (unpaired) electrons. The van der Waals surface area contributed by atoms with Gasteiger partial charge in [0.15, 0.2) is 0 Å². The highest BCUT2D eigenvalue weighted by Crippen LogP contribution is 2.17. The number of benzene rings is 1. The number of carbonyl (C=O) groups excluding carboxylic acids is 1. The topological polar surface area (TPSA) is 40.5 Å². The molecule has 1 heterocycles. The van der Waals surface area contributed by atoms with Crippen LogP contribution in [0.2, 0.25) is 0 Å². The quantitative estimate of drug-likeness (QED) is 0.896. The average Bonchev–Trinajstić information content (AvgIpc) is 2.52. The Hall–Kier alpha value is -1.61. The van der Waals surface area contributed by atoms with Crippen LogP contribution in [0.3, 0.4) is 0 Å². The molecule has 1 amide bonds. The molecular weight excluding hydrogens is 250 g/mol. The Morgan fingerprint density at radius 1 is 1.35 bits per heavy atom. The zero-order valence-corrected chi connectivity index (χ0v) is 11.9. The molecule has 0 saturated carbocycles. The molecule has 1 atom stereocenters. The third-order valence-corrected chi connectivity index (χ3v) is 3.76. The smallest absolute Gasteiger partial charge is 0.222 e. The van der Waals surface area contributed by atoms with Gasteiger partial charge >= 0.3 is 0 Å². The van der Waals surface area contributed by atoms with Crippen molar-refractivity contribution in [2.45, 2.75) is 25.7 Å². The van der Waals surface area contributed by atoms with Gasteiger partial charge in [-0.2, -0.15) is 0 Å². The molecule has 108 valence electrons. The number of amides is 1. The van der Waals surface area contributed by atoms with E-state index in [1.165, 1.54) is 5.56 Å². The van der Waals surface area contributed by atoms with E-state index in [0.717, 1.165) is 32.4 Å². The van der Waals surface area contributed by atoms with E-state index >= 15 is 0 Å². The molecule has 1 N–H and O–H groups in total. The first-order chi connectivity index (χ1) is 9.79. The van der Waals surface area contributed by atoms with Crippen LogP contribution < -0.4 is 0 Å². The Balaban J connectivity index is 1.73. The lowest BCUT2D eigenvalue weighted by Crippen LogP contribution is -2.40. The van der Waals surface area contributed by atoms with Gasteiger partial charge in [0.2, 0.25) is 5.91 Å². The summed E-state index contributed by atoms with van der Waals surface area (Å²) in [6.45, 7) is 1.76. The minimum Gasteiger partial charge on any atom is -0.396 e. The first-order valence-electron chi connectivity index (χ1n) is 7.40. The van der Waals surface area contributed by atoms with Crippen molar-refractivity contribution in [3.63, 3.8) is 0 Å². The number of aliphatic hydroxyl groups excluding tert-OH is 1. The number of aliphatic hydroxyl groups is 1. The van der Waals surface area contributed by atoms with Gasteiger partial charge in [0.25, 0.3) is 0 Å². The molecule has 1 unspecified atom stereocenters. The van der Waals surface area contributed by atoms with Crippen molar-refractivity contribution < 1.29 is 9.90 Å². The summed E-state index contributed by atoms with van der Waals surface area (Å²) in [5.74, 6) is 0.480. The van der Waals surface area contributed by atoms with E-state index < -0.39 is 0 Å². The number of hydrogen-bond acceptors (Lipinski definition) is 2. The molecule has 1 aromatic carbocycles. The Morgan fingerprint density at radius 2 is 2.15 bits per heavy atom. The second kappa shape index (κ2) is 7.85. The molecule has 0 aliphatic carbocycles. The maximum Gasteiger partial charge on any atom is 0.222 e. The number of allylic oxidation sites excluding steroid dienone is 1. The number of carbonyl (C=O) groups is 1. The molecule has 0 spiro atoms. The van der Waals surface area contributed by atoms with Gasteiger partial charge < -0.3 is 10.0 Å². The third-order valence-electron chi connectivity index (χ3n) is 3.76. The van der Waals surface area contributed by atoms with Crippen LogP contribution in [0.5, 0.6) is 0 Å². The molecule has 3 nitrogen and oxygen atoms in total. The molecule has 1 fully saturated rings. The number of nitrogens with zero attached hydrogens (tertiary/aromatic N) is 1.